The number of barbiturate groups is 1. The second kappa shape index (κ2) is 12.3. The number of ether oxygens (including phenoxy) is 2. The summed E-state index contributed by atoms with van der Waals surface area (Å²) in [6, 6.07) is 13.5. The molecule has 0 aliphatic carbocycles. The van der Waals surface area contributed by atoms with Gasteiger partial charge in [0.25, 0.3) is 17.7 Å². The van der Waals surface area contributed by atoms with E-state index in [9.17, 15) is 23.6 Å². The number of hydrogen-bond acceptors (Lipinski definition) is 6. The van der Waals surface area contributed by atoms with Crippen LogP contribution in [0.1, 0.15) is 12.5 Å². The summed E-state index contributed by atoms with van der Waals surface area (Å²) in [6.45, 7) is 1.73. The number of benzene rings is 3. The molecule has 1 aliphatic heterocycles. The van der Waals surface area contributed by atoms with Gasteiger partial charge in [-0.3, -0.25) is 19.7 Å². The first-order valence-electron chi connectivity index (χ1n) is 11.5. The number of amides is 5. The van der Waals surface area contributed by atoms with E-state index in [-0.39, 0.29) is 30.2 Å². The number of nitrogens with zero attached hydrogens (tertiary/aromatic N) is 1. The fourth-order valence-electron chi connectivity index (χ4n) is 3.59. The number of carbonyl (C=O) groups excluding carboxylic acids is 4. The maximum Gasteiger partial charge on any atom is 0.335 e. The zero-order valence-corrected chi connectivity index (χ0v) is 23.2. The van der Waals surface area contributed by atoms with Crippen molar-refractivity contribution in [1.29, 1.82) is 0 Å². The van der Waals surface area contributed by atoms with Crippen LogP contribution in [0.5, 0.6) is 11.5 Å². The average molecular weight is 664 g/mol. The lowest BCUT2D eigenvalue weighted by Gasteiger charge is -2.26. The van der Waals surface area contributed by atoms with Gasteiger partial charge in [-0.1, -0.05) is 11.6 Å². The normalized spacial score (nSPS) is 14.3. The Labute approximate surface area is 241 Å². The molecule has 0 atom stereocenters. The number of carbonyl (C=O) groups is 4. The molecule has 0 unspecified atom stereocenters. The highest BCUT2D eigenvalue weighted by Gasteiger charge is 2.37. The largest absolute Gasteiger partial charge is 0.490 e. The molecule has 5 amide bonds. The molecule has 9 nitrogen and oxygen atoms in total. The molecule has 4 rings (SSSR count). The minimum absolute atomic E-state index is 0.0995. The summed E-state index contributed by atoms with van der Waals surface area (Å²) < 4.78 is 25.3. The third-order valence-corrected chi connectivity index (χ3v) is 6.36. The van der Waals surface area contributed by atoms with Crippen molar-refractivity contribution in [2.75, 3.05) is 23.4 Å². The summed E-state index contributed by atoms with van der Waals surface area (Å²) in [5.74, 6) is -2.12. The van der Waals surface area contributed by atoms with Crippen LogP contribution in [-0.4, -0.2) is 37.0 Å². The minimum Gasteiger partial charge on any atom is -0.490 e. The molecule has 0 saturated carbocycles. The van der Waals surface area contributed by atoms with Crippen molar-refractivity contribution in [3.05, 3.63) is 86.2 Å². The summed E-state index contributed by atoms with van der Waals surface area (Å²) in [4.78, 5) is 51.2. The maximum absolute atomic E-state index is 13.3. The van der Waals surface area contributed by atoms with Gasteiger partial charge in [0.2, 0.25) is 0 Å². The molecule has 12 heteroatoms. The van der Waals surface area contributed by atoms with Gasteiger partial charge in [0.1, 0.15) is 11.4 Å². The zero-order valence-electron chi connectivity index (χ0n) is 20.3. The van der Waals surface area contributed by atoms with Gasteiger partial charge in [-0.2, -0.15) is 0 Å². The standard InChI is InChI=1S/C27H20ClFIN3O6/c1-2-38-22-13-15(12-21(30)24(22)39-14-23(34)31-18-7-3-16(28)4-8-18)11-20-25(35)32-27(37)33(26(20)36)19-9-5-17(29)6-10-19/h3-13H,2,14H2,1H3,(H,31,34)(H,32,35,37)/b20-11+. The van der Waals surface area contributed by atoms with E-state index in [1.165, 1.54) is 18.2 Å². The minimum atomic E-state index is -0.945. The number of imide groups is 2. The van der Waals surface area contributed by atoms with Crippen molar-refractivity contribution in [2.24, 2.45) is 0 Å². The SMILES string of the molecule is CCOc1cc(/C=C2\C(=O)NC(=O)N(c3ccc(F)cc3)C2=O)cc(I)c1OCC(=O)Nc1ccc(Cl)cc1. The predicted molar refractivity (Wildman–Crippen MR) is 151 cm³/mol. The lowest BCUT2D eigenvalue weighted by Crippen LogP contribution is -2.54. The number of rotatable bonds is 8. The van der Waals surface area contributed by atoms with Crippen molar-refractivity contribution in [3.63, 3.8) is 0 Å². The Bertz CT molecular complexity index is 1480. The molecule has 3 aromatic carbocycles. The Kier molecular flexibility index (Phi) is 8.82. The molecule has 39 heavy (non-hydrogen) atoms. The fraction of sp³-hybridized carbons (Fsp3) is 0.111. The molecule has 0 bridgehead atoms. The molecule has 0 spiro atoms. The van der Waals surface area contributed by atoms with E-state index in [2.05, 4.69) is 10.6 Å². The van der Waals surface area contributed by atoms with E-state index in [4.69, 9.17) is 21.1 Å². The van der Waals surface area contributed by atoms with Crippen LogP contribution in [0.3, 0.4) is 0 Å². The quantitative estimate of drug-likeness (QED) is 0.196. The van der Waals surface area contributed by atoms with Crippen LogP contribution in [0, 0.1) is 9.39 Å². The Morgan fingerprint density at radius 3 is 2.44 bits per heavy atom. The molecule has 3 aromatic rings. The molecular weight excluding hydrogens is 644 g/mol. The van der Waals surface area contributed by atoms with Crippen LogP contribution >= 0.6 is 34.2 Å². The molecule has 1 heterocycles. The second-order valence-electron chi connectivity index (χ2n) is 8.04. The lowest BCUT2D eigenvalue weighted by molar-refractivity contribution is -0.122. The van der Waals surface area contributed by atoms with Gasteiger partial charge in [-0.15, -0.1) is 0 Å². The molecule has 1 fully saturated rings. The van der Waals surface area contributed by atoms with Crippen molar-refractivity contribution in [3.8, 4) is 11.5 Å². The summed E-state index contributed by atoms with van der Waals surface area (Å²) in [5, 5.41) is 5.36. The molecule has 0 aromatic heterocycles. The molecule has 1 saturated heterocycles. The lowest BCUT2D eigenvalue weighted by atomic mass is 10.1. The summed E-state index contributed by atoms with van der Waals surface area (Å²) >= 11 is 7.85. The average Bonchev–Trinajstić information content (AvgIpc) is 2.88. The first-order chi connectivity index (χ1) is 18.7. The fourth-order valence-corrected chi connectivity index (χ4v) is 4.50. The van der Waals surface area contributed by atoms with Crippen molar-refractivity contribution in [1.82, 2.24) is 5.32 Å². The summed E-state index contributed by atoms with van der Waals surface area (Å²) in [5.41, 5.74) is 0.752. The van der Waals surface area contributed by atoms with Gasteiger partial charge >= 0.3 is 6.03 Å². The number of halogens is 3. The Morgan fingerprint density at radius 1 is 1.08 bits per heavy atom. The smallest absolute Gasteiger partial charge is 0.335 e. The van der Waals surface area contributed by atoms with Gasteiger partial charge in [0, 0.05) is 10.7 Å². The van der Waals surface area contributed by atoms with Gasteiger partial charge in [-0.05, 0) is 102 Å². The van der Waals surface area contributed by atoms with Crippen LogP contribution in [0.25, 0.3) is 6.08 Å². The first kappa shape index (κ1) is 28.0. The maximum atomic E-state index is 13.3. The summed E-state index contributed by atoms with van der Waals surface area (Å²) in [7, 11) is 0. The monoisotopic (exact) mass is 663 g/mol. The van der Waals surface area contributed by atoms with Crippen molar-refractivity contribution < 1.29 is 33.0 Å². The predicted octanol–water partition coefficient (Wildman–Crippen LogP) is 5.17. The van der Waals surface area contributed by atoms with Crippen LogP contribution in [-0.2, 0) is 14.4 Å². The Hall–Kier alpha value is -3.97. The summed E-state index contributed by atoms with van der Waals surface area (Å²) in [6.07, 6.45) is 1.31. The van der Waals surface area contributed by atoms with Crippen molar-refractivity contribution >= 4 is 75.4 Å². The van der Waals surface area contributed by atoms with Crippen molar-refractivity contribution in [2.45, 2.75) is 6.92 Å². The van der Waals surface area contributed by atoms with E-state index in [1.807, 2.05) is 22.6 Å². The Balaban J connectivity index is 1.57. The van der Waals surface area contributed by atoms with Crippen LogP contribution in [0.2, 0.25) is 5.02 Å². The van der Waals surface area contributed by atoms with E-state index in [0.29, 0.717) is 25.6 Å². The Morgan fingerprint density at radius 2 is 1.77 bits per heavy atom. The molecule has 2 N–H and O–H groups in total. The number of urea groups is 1. The highest BCUT2D eigenvalue weighted by atomic mass is 127. The highest BCUT2D eigenvalue weighted by Crippen LogP contribution is 2.35. The van der Waals surface area contributed by atoms with E-state index < -0.39 is 29.6 Å². The molecular formula is C27H20ClFIN3O6. The third kappa shape index (κ3) is 6.73. The van der Waals surface area contributed by atoms with Crippen LogP contribution in [0.15, 0.2) is 66.2 Å². The number of anilines is 2. The number of nitrogens with one attached hydrogen (secondary N) is 2. The molecule has 1 aliphatic rings. The second-order valence-corrected chi connectivity index (χ2v) is 9.64. The third-order valence-electron chi connectivity index (χ3n) is 5.30. The van der Waals surface area contributed by atoms with Crippen LogP contribution in [0.4, 0.5) is 20.6 Å². The van der Waals surface area contributed by atoms with E-state index in [1.54, 1.807) is 43.3 Å². The molecule has 200 valence electrons. The topological polar surface area (TPSA) is 114 Å². The van der Waals surface area contributed by atoms with Gasteiger partial charge in [0.15, 0.2) is 18.1 Å². The van der Waals surface area contributed by atoms with E-state index in [0.717, 1.165) is 17.0 Å². The number of hydrogen-bond donors (Lipinski definition) is 2. The molecule has 0 radical (unpaired) electrons. The van der Waals surface area contributed by atoms with Gasteiger partial charge in [0.05, 0.1) is 15.9 Å². The zero-order chi connectivity index (χ0) is 28.1. The van der Waals surface area contributed by atoms with Gasteiger partial charge < -0.3 is 14.8 Å². The van der Waals surface area contributed by atoms with Crippen LogP contribution < -0.4 is 25.0 Å². The highest BCUT2D eigenvalue weighted by molar-refractivity contribution is 14.1. The van der Waals surface area contributed by atoms with E-state index >= 15 is 0 Å². The first-order valence-corrected chi connectivity index (χ1v) is 12.9. The van der Waals surface area contributed by atoms with Gasteiger partial charge in [-0.25, -0.2) is 14.1 Å².